The number of nitrogens with one attached hydrogen (secondary N) is 2. The number of halogens is 4. The molecule has 3 saturated heterocycles. The number of carbonyl (C=O) groups excluding carboxylic acids is 2. The van der Waals surface area contributed by atoms with Crippen molar-refractivity contribution < 1.29 is 27.5 Å². The van der Waals surface area contributed by atoms with Crippen LogP contribution in [0.25, 0.3) is 11.1 Å². The molecule has 6 rings (SSSR count). The molecule has 2 amide bonds. The van der Waals surface area contributed by atoms with E-state index >= 15 is 13.2 Å². The lowest BCUT2D eigenvalue weighted by molar-refractivity contribution is -0.134. The molecule has 0 radical (unpaired) electrons. The molecule has 1 unspecified atom stereocenters. The molecule has 3 aromatic rings. The molecular weight excluding hydrogens is 671 g/mol. The zero-order valence-corrected chi connectivity index (χ0v) is 29.5. The molecule has 0 bridgehead atoms. The van der Waals surface area contributed by atoms with Gasteiger partial charge in [-0.05, 0) is 93.5 Å². The Labute approximate surface area is 294 Å². The van der Waals surface area contributed by atoms with E-state index in [1.54, 1.807) is 43.3 Å². The van der Waals surface area contributed by atoms with E-state index in [1.165, 1.54) is 17.7 Å². The van der Waals surface area contributed by atoms with Gasteiger partial charge in [-0.1, -0.05) is 11.6 Å². The normalized spacial score (nSPS) is 21.6. The van der Waals surface area contributed by atoms with Crippen molar-refractivity contribution >= 4 is 34.8 Å². The monoisotopic (exact) mass is 713 g/mol. The lowest BCUT2D eigenvalue weighted by Gasteiger charge is -2.45. The summed E-state index contributed by atoms with van der Waals surface area (Å²) in [6.45, 7) is 4.90. The smallest absolute Gasteiger partial charge is 0.263 e. The molecule has 2 N–H and O–H groups in total. The number of alkyl halides is 2. The number of ether oxygens (including phenoxy) is 1. The number of nitrogens with zero attached hydrogens (tertiary/aromatic N) is 3. The summed E-state index contributed by atoms with van der Waals surface area (Å²) in [7, 11) is 3.23. The fourth-order valence-corrected chi connectivity index (χ4v) is 8.03. The van der Waals surface area contributed by atoms with Gasteiger partial charge < -0.3 is 19.5 Å². The Morgan fingerprint density at radius 2 is 1.76 bits per heavy atom. The third-order valence-corrected chi connectivity index (χ3v) is 11.0. The zero-order valence-electron chi connectivity index (χ0n) is 28.8. The summed E-state index contributed by atoms with van der Waals surface area (Å²) in [4.78, 5) is 39.5. The van der Waals surface area contributed by atoms with Crippen molar-refractivity contribution in [2.24, 2.45) is 18.9 Å². The van der Waals surface area contributed by atoms with Gasteiger partial charge in [0.1, 0.15) is 17.6 Å². The summed E-state index contributed by atoms with van der Waals surface area (Å²) in [5.74, 6) is -4.59. The Balaban J connectivity index is 1.07. The SMILES string of the molecule is COc1cc(-c2cn(C)c(=O)c(C)c2C)cc(Cl)c1CN1CC[C@H](C2CCN(c3ccc(NC4CCC(=O)NC4=O)cc3F)CC2)C(F)(F)C1. The maximum atomic E-state index is 15.8. The summed E-state index contributed by atoms with van der Waals surface area (Å²) in [5, 5.41) is 5.68. The van der Waals surface area contributed by atoms with Crippen LogP contribution < -0.4 is 25.8 Å². The Kier molecular flexibility index (Phi) is 10.2. The van der Waals surface area contributed by atoms with Gasteiger partial charge in [-0.25, -0.2) is 13.2 Å². The standard InChI is InChI=1S/C37H43ClF3N5O4/c1-21-22(2)36(49)44(3)18-26(21)24-15-29(38)27(33(16-24)50-4)19-45-12-11-28(37(40,41)20-45)23-9-13-46(14-10-23)32-7-5-25(17-30(32)39)42-31-6-8-34(47)43-35(31)48/h5,7,15-18,23,28,31,42H,6,8-14,19-20H2,1-4H3,(H,43,47,48)/t28-,31?/m1/s1. The van der Waals surface area contributed by atoms with Crippen molar-refractivity contribution in [1.82, 2.24) is 14.8 Å². The highest BCUT2D eigenvalue weighted by Crippen LogP contribution is 2.44. The Morgan fingerprint density at radius 3 is 2.42 bits per heavy atom. The molecule has 2 aromatic carbocycles. The van der Waals surface area contributed by atoms with Crippen molar-refractivity contribution in [3.05, 3.63) is 74.4 Å². The predicted octanol–water partition coefficient (Wildman–Crippen LogP) is 6.06. The van der Waals surface area contributed by atoms with Crippen LogP contribution in [-0.2, 0) is 23.2 Å². The third-order valence-electron chi connectivity index (χ3n) is 10.7. The molecule has 4 heterocycles. The second-order valence-electron chi connectivity index (χ2n) is 13.9. The number of hydrogen-bond acceptors (Lipinski definition) is 7. The molecule has 13 heteroatoms. The fraction of sp³-hybridized carbons (Fsp3) is 0.486. The van der Waals surface area contributed by atoms with Crippen molar-refractivity contribution in [3.8, 4) is 16.9 Å². The number of anilines is 2. The predicted molar refractivity (Wildman–Crippen MR) is 188 cm³/mol. The average molecular weight is 714 g/mol. The highest BCUT2D eigenvalue weighted by Gasteiger charge is 2.48. The van der Waals surface area contributed by atoms with E-state index in [-0.39, 0.29) is 30.3 Å². The molecule has 3 fully saturated rings. The van der Waals surface area contributed by atoms with Crippen LogP contribution in [0.3, 0.4) is 0 Å². The quantitative estimate of drug-likeness (QED) is 0.274. The van der Waals surface area contributed by atoms with Gasteiger partial charge in [-0.2, -0.15) is 0 Å². The number of methoxy groups -OCH3 is 1. The van der Waals surface area contributed by atoms with E-state index < -0.39 is 36.2 Å². The Hall–Kier alpha value is -4.03. The molecule has 2 atom stereocenters. The lowest BCUT2D eigenvalue weighted by atomic mass is 9.76. The van der Waals surface area contributed by atoms with Crippen LogP contribution in [0.1, 0.15) is 48.8 Å². The van der Waals surface area contributed by atoms with Crippen LogP contribution in [0.5, 0.6) is 5.75 Å². The molecule has 1 aromatic heterocycles. The number of aryl methyl sites for hydroxylation is 1. The summed E-state index contributed by atoms with van der Waals surface area (Å²) in [6.07, 6.45) is 3.71. The first kappa shape index (κ1) is 35.8. The first-order chi connectivity index (χ1) is 23.7. The molecule has 9 nitrogen and oxygen atoms in total. The molecule has 50 heavy (non-hydrogen) atoms. The minimum absolute atomic E-state index is 0.0717. The number of imide groups is 1. The zero-order chi connectivity index (χ0) is 35.9. The first-order valence-electron chi connectivity index (χ1n) is 17.0. The second kappa shape index (κ2) is 14.3. The van der Waals surface area contributed by atoms with E-state index in [2.05, 4.69) is 10.6 Å². The largest absolute Gasteiger partial charge is 0.496 e. The maximum Gasteiger partial charge on any atom is 0.263 e. The van der Waals surface area contributed by atoms with E-state index in [1.807, 2.05) is 17.9 Å². The number of likely N-dealkylation sites (tertiary alicyclic amines) is 1. The summed E-state index contributed by atoms with van der Waals surface area (Å²) in [5.41, 5.74) is 4.51. The summed E-state index contributed by atoms with van der Waals surface area (Å²) in [6, 6.07) is 7.70. The highest BCUT2D eigenvalue weighted by molar-refractivity contribution is 6.32. The minimum atomic E-state index is -2.91. The number of pyridine rings is 1. The Morgan fingerprint density at radius 1 is 1.02 bits per heavy atom. The van der Waals surface area contributed by atoms with Gasteiger partial charge in [0.25, 0.3) is 11.5 Å². The van der Waals surface area contributed by atoms with Crippen LogP contribution >= 0.6 is 11.6 Å². The van der Waals surface area contributed by atoms with E-state index in [9.17, 15) is 14.4 Å². The van der Waals surface area contributed by atoms with Crippen LogP contribution in [0, 0.1) is 31.5 Å². The van der Waals surface area contributed by atoms with Gasteiger partial charge >= 0.3 is 0 Å². The topological polar surface area (TPSA) is 95.9 Å². The molecule has 0 spiro atoms. The molecule has 3 aliphatic rings. The molecule has 268 valence electrons. The number of rotatable bonds is 8. The van der Waals surface area contributed by atoms with Crippen LogP contribution in [0.15, 0.2) is 41.3 Å². The number of piperidine rings is 3. The van der Waals surface area contributed by atoms with Gasteiger partial charge in [0.2, 0.25) is 11.8 Å². The van der Waals surface area contributed by atoms with Gasteiger partial charge in [0, 0.05) is 72.6 Å². The number of hydrogen-bond donors (Lipinski definition) is 2. The number of amides is 2. The average Bonchev–Trinajstić information content (AvgIpc) is 3.07. The van der Waals surface area contributed by atoms with Gasteiger partial charge in [-0.15, -0.1) is 0 Å². The molecule has 0 saturated carbocycles. The van der Waals surface area contributed by atoms with Gasteiger partial charge in [-0.3, -0.25) is 24.6 Å². The molecule has 0 aliphatic carbocycles. The Bertz CT molecular complexity index is 1860. The summed E-state index contributed by atoms with van der Waals surface area (Å²) >= 11 is 6.78. The van der Waals surface area contributed by atoms with Crippen molar-refractivity contribution in [1.29, 1.82) is 0 Å². The van der Waals surface area contributed by atoms with Crippen LogP contribution in [0.2, 0.25) is 5.02 Å². The van der Waals surface area contributed by atoms with E-state index in [4.69, 9.17) is 16.3 Å². The van der Waals surface area contributed by atoms with Crippen molar-refractivity contribution in [2.45, 2.75) is 64.5 Å². The van der Waals surface area contributed by atoms with Crippen LogP contribution in [-0.4, -0.2) is 66.5 Å². The maximum absolute atomic E-state index is 15.8. The van der Waals surface area contributed by atoms with Crippen molar-refractivity contribution in [2.75, 3.05) is 43.5 Å². The number of aromatic nitrogens is 1. The summed E-state index contributed by atoms with van der Waals surface area (Å²) < 4.78 is 54.1. The number of carbonyl (C=O) groups is 2. The van der Waals surface area contributed by atoms with Crippen molar-refractivity contribution in [3.63, 3.8) is 0 Å². The lowest BCUT2D eigenvalue weighted by Crippen LogP contribution is -2.52. The van der Waals surface area contributed by atoms with Gasteiger partial charge in [0.15, 0.2) is 0 Å². The van der Waals surface area contributed by atoms with E-state index in [0.717, 1.165) is 16.7 Å². The molecule has 3 aliphatic heterocycles. The van der Waals surface area contributed by atoms with E-state index in [0.29, 0.717) is 78.6 Å². The second-order valence-corrected chi connectivity index (χ2v) is 14.3. The minimum Gasteiger partial charge on any atom is -0.496 e. The first-order valence-corrected chi connectivity index (χ1v) is 17.4. The molecular formula is C37H43ClF3N5O4. The van der Waals surface area contributed by atoms with Gasteiger partial charge in [0.05, 0.1) is 19.3 Å². The highest BCUT2D eigenvalue weighted by atomic mass is 35.5. The fourth-order valence-electron chi connectivity index (χ4n) is 7.76. The number of benzene rings is 2. The third kappa shape index (κ3) is 7.23. The van der Waals surface area contributed by atoms with Crippen LogP contribution in [0.4, 0.5) is 24.5 Å².